The van der Waals surface area contributed by atoms with Gasteiger partial charge in [-0.25, -0.2) is 4.79 Å². The van der Waals surface area contributed by atoms with E-state index in [0.717, 1.165) is 25.7 Å². The minimum atomic E-state index is -4.64. The number of rotatable bonds is 12. The maximum atomic E-state index is 13.9. The summed E-state index contributed by atoms with van der Waals surface area (Å²) in [5.41, 5.74) is -0.0670. The summed E-state index contributed by atoms with van der Waals surface area (Å²) in [4.78, 5) is 25.8. The van der Waals surface area contributed by atoms with Gasteiger partial charge in [-0.1, -0.05) is 50.5 Å². The summed E-state index contributed by atoms with van der Waals surface area (Å²) in [6, 6.07) is 9.17. The molecule has 2 aromatic rings. The molecule has 8 nitrogen and oxygen atoms in total. The number of carbonyl (C=O) groups is 2. The van der Waals surface area contributed by atoms with Gasteiger partial charge in [-0.05, 0) is 127 Å². The van der Waals surface area contributed by atoms with E-state index in [1.807, 2.05) is 27.7 Å². The summed E-state index contributed by atoms with van der Waals surface area (Å²) >= 11 is 0. The molecule has 2 unspecified atom stereocenters. The number of amides is 1. The molecule has 2 aromatic carbocycles. The van der Waals surface area contributed by atoms with Crippen LogP contribution in [0.15, 0.2) is 48.5 Å². The third-order valence-corrected chi connectivity index (χ3v) is 10.1. The zero-order valence-electron chi connectivity index (χ0n) is 35.0. The lowest BCUT2D eigenvalue weighted by Gasteiger charge is -2.39. The first-order chi connectivity index (χ1) is 27.5. The van der Waals surface area contributed by atoms with Crippen LogP contribution in [0.5, 0.6) is 11.5 Å². The van der Waals surface area contributed by atoms with Gasteiger partial charge in [0.2, 0.25) is 6.29 Å². The van der Waals surface area contributed by atoms with Crippen molar-refractivity contribution in [1.29, 1.82) is 0 Å². The molecule has 0 aromatic heterocycles. The summed E-state index contributed by atoms with van der Waals surface area (Å²) in [7, 11) is 3.00. The number of halogens is 9. The molecule has 2 saturated heterocycles. The SMILES string of the molecule is CCCCC1CCN(C(c2ccc(OC)cc2)C(F)(F)F)CC1.CCN(CC1CCN(C(c2ccc(OC)cc2)C(F)(F)F)CC1)C(=O)OC(C)(C)C.O=CC(F)(F)F. The van der Waals surface area contributed by atoms with E-state index in [9.17, 15) is 44.3 Å². The predicted octanol–water partition coefficient (Wildman–Crippen LogP) is 11.2. The van der Waals surface area contributed by atoms with Crippen LogP contribution in [0.4, 0.5) is 44.3 Å². The zero-order valence-corrected chi connectivity index (χ0v) is 35.0. The highest BCUT2D eigenvalue weighted by molar-refractivity contribution is 5.68. The van der Waals surface area contributed by atoms with E-state index >= 15 is 0 Å². The molecular formula is C42H60F9N3O5. The van der Waals surface area contributed by atoms with Gasteiger partial charge in [0.05, 0.1) is 14.2 Å². The Hall–Kier alpha value is -3.73. The molecular weight excluding hydrogens is 797 g/mol. The Bertz CT molecular complexity index is 1500. The zero-order chi connectivity index (χ0) is 44.6. The second-order valence-corrected chi connectivity index (χ2v) is 15.7. The lowest BCUT2D eigenvalue weighted by molar-refractivity contribution is -0.190. The number of benzene rings is 2. The van der Waals surface area contributed by atoms with E-state index in [-0.39, 0.29) is 17.6 Å². The van der Waals surface area contributed by atoms with Crippen LogP contribution >= 0.6 is 0 Å². The Morgan fingerprint density at radius 2 is 1.08 bits per heavy atom. The average molecular weight is 858 g/mol. The molecule has 2 heterocycles. The number of ether oxygens (including phenoxy) is 3. The fourth-order valence-electron chi connectivity index (χ4n) is 7.14. The van der Waals surface area contributed by atoms with Crippen LogP contribution in [0.1, 0.15) is 103 Å². The highest BCUT2D eigenvalue weighted by atomic mass is 19.4. The number of aldehydes is 1. The topological polar surface area (TPSA) is 71.6 Å². The van der Waals surface area contributed by atoms with Gasteiger partial charge in [0.1, 0.15) is 29.2 Å². The van der Waals surface area contributed by atoms with Gasteiger partial charge < -0.3 is 19.1 Å². The number of alkyl halides is 9. The van der Waals surface area contributed by atoms with Crippen LogP contribution in [0, 0.1) is 11.8 Å². The van der Waals surface area contributed by atoms with Gasteiger partial charge in [0.25, 0.3) is 0 Å². The fraction of sp³-hybridized carbons (Fsp3) is 0.667. The number of hydrogen-bond donors (Lipinski definition) is 0. The van der Waals surface area contributed by atoms with Gasteiger partial charge in [0, 0.05) is 13.1 Å². The molecule has 0 radical (unpaired) electrons. The molecule has 0 spiro atoms. The van der Waals surface area contributed by atoms with Gasteiger partial charge >= 0.3 is 24.6 Å². The molecule has 336 valence electrons. The summed E-state index contributed by atoms with van der Waals surface area (Å²) in [6.45, 7) is 12.2. The highest BCUT2D eigenvalue weighted by Gasteiger charge is 2.46. The highest BCUT2D eigenvalue weighted by Crippen LogP contribution is 2.42. The van der Waals surface area contributed by atoms with Crippen molar-refractivity contribution < 1.29 is 63.3 Å². The van der Waals surface area contributed by atoms with Crippen molar-refractivity contribution in [3.05, 3.63) is 59.7 Å². The lowest BCUT2D eigenvalue weighted by atomic mass is 9.90. The quantitative estimate of drug-likeness (QED) is 0.155. The molecule has 2 atom stereocenters. The van der Waals surface area contributed by atoms with Crippen molar-refractivity contribution in [3.63, 3.8) is 0 Å². The number of nitrogens with zero attached hydrogens (tertiary/aromatic N) is 3. The van der Waals surface area contributed by atoms with Crippen molar-refractivity contribution in [1.82, 2.24) is 14.7 Å². The number of carbonyl (C=O) groups excluding carboxylic acids is 2. The van der Waals surface area contributed by atoms with Crippen LogP contribution in [0.25, 0.3) is 0 Å². The maximum Gasteiger partial charge on any atom is 0.446 e. The van der Waals surface area contributed by atoms with E-state index in [2.05, 4.69) is 6.92 Å². The first-order valence-corrected chi connectivity index (χ1v) is 19.9. The Balaban J connectivity index is 0.000000366. The maximum absolute atomic E-state index is 13.9. The van der Waals surface area contributed by atoms with Crippen molar-refractivity contribution >= 4 is 12.4 Å². The normalized spacial score (nSPS) is 17.4. The van der Waals surface area contributed by atoms with Crippen LogP contribution < -0.4 is 9.47 Å². The van der Waals surface area contributed by atoms with E-state index in [1.54, 1.807) is 34.1 Å². The summed E-state index contributed by atoms with van der Waals surface area (Å²) in [5.74, 6) is 1.84. The number of unbranched alkanes of at least 4 members (excludes halogenated alkanes) is 1. The summed E-state index contributed by atoms with van der Waals surface area (Å²) in [5, 5.41) is 0. The van der Waals surface area contributed by atoms with Crippen molar-refractivity contribution in [3.8, 4) is 11.5 Å². The molecule has 2 aliphatic heterocycles. The Morgan fingerprint density at radius 3 is 1.37 bits per heavy atom. The van der Waals surface area contributed by atoms with Crippen molar-refractivity contribution in [2.75, 3.05) is 53.5 Å². The lowest BCUT2D eigenvalue weighted by Crippen LogP contribution is -2.46. The standard InChI is InChI=1S/C22H33F3N2O3.C18H26F3NO.C2HF3O/c1-6-26(20(28)30-21(2,3)4)15-16-11-13-27(14-12-16)19(22(23,24)25)17-7-9-18(29-5)10-8-17;1-3-4-5-14-10-12-22(13-11-14)17(18(19,20)21)15-6-8-16(23-2)9-7-15;3-2(4,5)1-6/h7-10,16,19H,6,11-15H2,1-5H3;6-9,14,17H,3-5,10-13H2,1-2H3;1H. The van der Waals surface area contributed by atoms with Gasteiger partial charge in [-0.3, -0.25) is 14.6 Å². The van der Waals surface area contributed by atoms with Crippen molar-refractivity contribution in [2.24, 2.45) is 11.8 Å². The predicted molar refractivity (Wildman–Crippen MR) is 207 cm³/mol. The smallest absolute Gasteiger partial charge is 0.446 e. The third-order valence-electron chi connectivity index (χ3n) is 10.1. The van der Waals surface area contributed by atoms with E-state index < -0.39 is 42.5 Å². The van der Waals surface area contributed by atoms with Gasteiger partial charge in [-0.2, -0.15) is 39.5 Å². The first-order valence-electron chi connectivity index (χ1n) is 19.9. The Kier molecular flexibility index (Phi) is 20.3. The van der Waals surface area contributed by atoms with E-state index in [1.165, 1.54) is 49.8 Å². The van der Waals surface area contributed by atoms with E-state index in [4.69, 9.17) is 19.0 Å². The minimum Gasteiger partial charge on any atom is -0.497 e. The largest absolute Gasteiger partial charge is 0.497 e. The third kappa shape index (κ3) is 18.2. The van der Waals surface area contributed by atoms with Crippen molar-refractivity contribution in [2.45, 2.75) is 116 Å². The van der Waals surface area contributed by atoms with Gasteiger partial charge in [0.15, 0.2) is 0 Å². The Morgan fingerprint density at radius 1 is 0.712 bits per heavy atom. The monoisotopic (exact) mass is 857 g/mol. The Labute approximate surface area is 342 Å². The minimum absolute atomic E-state index is 0.151. The van der Waals surface area contributed by atoms with Gasteiger partial charge in [-0.15, -0.1) is 0 Å². The molecule has 0 bridgehead atoms. The number of piperidine rings is 2. The molecule has 2 fully saturated rings. The molecule has 17 heteroatoms. The molecule has 1 amide bonds. The van der Waals surface area contributed by atoms with Crippen LogP contribution in [-0.2, 0) is 9.53 Å². The van der Waals surface area contributed by atoms with Crippen LogP contribution in [0.2, 0.25) is 0 Å². The number of likely N-dealkylation sites (tertiary alicyclic amines) is 2. The molecule has 0 N–H and O–H groups in total. The first kappa shape index (κ1) is 51.4. The number of methoxy groups -OCH3 is 2. The van der Waals surface area contributed by atoms with Crippen LogP contribution in [-0.4, -0.2) is 105 Å². The van der Waals surface area contributed by atoms with E-state index in [0.29, 0.717) is 75.1 Å². The summed E-state index contributed by atoms with van der Waals surface area (Å²) in [6.07, 6.45) is -8.31. The average Bonchev–Trinajstić information content (AvgIpc) is 3.16. The summed E-state index contributed by atoms with van der Waals surface area (Å²) < 4.78 is 129. The molecule has 59 heavy (non-hydrogen) atoms. The second-order valence-electron chi connectivity index (χ2n) is 15.7. The molecule has 2 aliphatic rings. The second kappa shape index (κ2) is 23.3. The molecule has 4 rings (SSSR count). The molecule has 0 aliphatic carbocycles. The number of hydrogen-bond acceptors (Lipinski definition) is 7. The van der Waals surface area contributed by atoms with Crippen LogP contribution in [0.3, 0.4) is 0 Å². The fourth-order valence-corrected chi connectivity index (χ4v) is 7.14. The molecule has 0 saturated carbocycles.